The van der Waals surface area contributed by atoms with Gasteiger partial charge in [-0.15, -0.1) is 0 Å². The molecule has 2 aliphatic rings. The van der Waals surface area contributed by atoms with Crippen LogP contribution in [0.1, 0.15) is 37.8 Å². The van der Waals surface area contributed by atoms with E-state index in [9.17, 15) is 9.18 Å². The summed E-state index contributed by atoms with van der Waals surface area (Å²) in [5.41, 5.74) is 0.176. The van der Waals surface area contributed by atoms with Crippen LogP contribution in [0.5, 0.6) is 5.75 Å². The van der Waals surface area contributed by atoms with Gasteiger partial charge in [-0.05, 0) is 32.3 Å². The molecule has 3 nitrogen and oxygen atoms in total. The zero-order chi connectivity index (χ0) is 13.5. The van der Waals surface area contributed by atoms with E-state index in [-0.39, 0.29) is 11.9 Å². The van der Waals surface area contributed by atoms with Gasteiger partial charge in [-0.3, -0.25) is 4.79 Å². The zero-order valence-corrected chi connectivity index (χ0v) is 11.0. The molecular formula is C15H18FNO2. The van der Waals surface area contributed by atoms with E-state index >= 15 is 0 Å². The van der Waals surface area contributed by atoms with Crippen LogP contribution in [0.15, 0.2) is 24.3 Å². The van der Waals surface area contributed by atoms with E-state index in [4.69, 9.17) is 4.74 Å². The third-order valence-corrected chi connectivity index (χ3v) is 4.15. The fourth-order valence-electron chi connectivity index (χ4n) is 2.55. The van der Waals surface area contributed by atoms with Crippen molar-refractivity contribution in [3.8, 4) is 5.75 Å². The molecule has 1 aromatic rings. The second-order valence-corrected chi connectivity index (χ2v) is 5.64. The average molecular weight is 263 g/mol. The van der Waals surface area contributed by atoms with Gasteiger partial charge in [0, 0.05) is 5.56 Å². The van der Waals surface area contributed by atoms with Gasteiger partial charge in [0.2, 0.25) is 5.91 Å². The standard InChI is InChI=1S/C15H18FNO2/c1-15(9-13(15)16)14(18)17-11-6-4-8-19-12-7-3-2-5-10(11)12/h2-3,5,7,11,13H,4,6,8-9H2,1H3,(H,17,18). The summed E-state index contributed by atoms with van der Waals surface area (Å²) >= 11 is 0. The van der Waals surface area contributed by atoms with Crippen LogP contribution in [-0.2, 0) is 4.79 Å². The van der Waals surface area contributed by atoms with Gasteiger partial charge in [-0.1, -0.05) is 18.2 Å². The van der Waals surface area contributed by atoms with Crippen LogP contribution in [-0.4, -0.2) is 18.7 Å². The van der Waals surface area contributed by atoms with Crippen LogP contribution in [0.3, 0.4) is 0 Å². The van der Waals surface area contributed by atoms with Crippen LogP contribution in [0, 0.1) is 5.41 Å². The van der Waals surface area contributed by atoms with E-state index < -0.39 is 11.6 Å². The van der Waals surface area contributed by atoms with Crippen molar-refractivity contribution in [3.05, 3.63) is 29.8 Å². The number of hydrogen-bond acceptors (Lipinski definition) is 2. The summed E-state index contributed by atoms with van der Waals surface area (Å²) in [4.78, 5) is 12.1. The van der Waals surface area contributed by atoms with E-state index in [1.807, 2.05) is 24.3 Å². The average Bonchev–Trinajstić information content (AvgIpc) is 3.08. The van der Waals surface area contributed by atoms with Gasteiger partial charge in [0.25, 0.3) is 0 Å². The Morgan fingerprint density at radius 1 is 1.47 bits per heavy atom. The van der Waals surface area contributed by atoms with E-state index in [1.165, 1.54) is 0 Å². The molecule has 0 radical (unpaired) electrons. The molecule has 3 unspecified atom stereocenters. The first-order valence-corrected chi connectivity index (χ1v) is 6.78. The highest BCUT2D eigenvalue weighted by atomic mass is 19.1. The Bertz CT molecular complexity index is 505. The third kappa shape index (κ3) is 2.20. The van der Waals surface area contributed by atoms with E-state index in [1.54, 1.807) is 6.92 Å². The molecule has 3 rings (SSSR count). The molecule has 102 valence electrons. The predicted molar refractivity (Wildman–Crippen MR) is 69.7 cm³/mol. The smallest absolute Gasteiger partial charge is 0.229 e. The molecule has 1 saturated carbocycles. The lowest BCUT2D eigenvalue weighted by atomic mass is 10.0. The van der Waals surface area contributed by atoms with Gasteiger partial charge in [0.05, 0.1) is 18.1 Å². The molecule has 0 aromatic heterocycles. The van der Waals surface area contributed by atoms with Crippen molar-refractivity contribution in [1.29, 1.82) is 0 Å². The Balaban J connectivity index is 1.79. The van der Waals surface area contributed by atoms with Crippen LogP contribution in [0.4, 0.5) is 4.39 Å². The molecule has 3 atom stereocenters. The van der Waals surface area contributed by atoms with Gasteiger partial charge in [-0.25, -0.2) is 4.39 Å². The first-order chi connectivity index (χ1) is 9.11. The summed E-state index contributed by atoms with van der Waals surface area (Å²) in [6.45, 7) is 2.35. The highest BCUT2D eigenvalue weighted by molar-refractivity contribution is 5.86. The monoisotopic (exact) mass is 263 g/mol. The quantitative estimate of drug-likeness (QED) is 0.891. The molecule has 1 aliphatic heterocycles. The lowest BCUT2D eigenvalue weighted by Crippen LogP contribution is -2.35. The summed E-state index contributed by atoms with van der Waals surface area (Å²) in [5, 5.41) is 2.99. The number of amides is 1. The maximum Gasteiger partial charge on any atom is 0.229 e. The van der Waals surface area contributed by atoms with Crippen molar-refractivity contribution in [2.24, 2.45) is 5.41 Å². The van der Waals surface area contributed by atoms with Crippen molar-refractivity contribution >= 4 is 5.91 Å². The molecule has 19 heavy (non-hydrogen) atoms. The molecule has 0 spiro atoms. The first kappa shape index (κ1) is 12.5. The number of carbonyl (C=O) groups excluding carboxylic acids is 1. The Hall–Kier alpha value is -1.58. The van der Waals surface area contributed by atoms with Gasteiger partial charge >= 0.3 is 0 Å². The fourth-order valence-corrected chi connectivity index (χ4v) is 2.55. The maximum atomic E-state index is 13.3. The number of fused-ring (bicyclic) bond motifs is 1. The SMILES string of the molecule is CC1(C(=O)NC2CCCOc3ccccc32)CC1F. The van der Waals surface area contributed by atoms with E-state index in [0.29, 0.717) is 13.0 Å². The number of hydrogen-bond donors (Lipinski definition) is 1. The minimum atomic E-state index is -0.996. The summed E-state index contributed by atoms with van der Waals surface area (Å²) < 4.78 is 18.9. The van der Waals surface area contributed by atoms with Crippen LogP contribution in [0.2, 0.25) is 0 Å². The van der Waals surface area contributed by atoms with E-state index in [0.717, 1.165) is 24.2 Å². The number of nitrogens with one attached hydrogen (secondary N) is 1. The van der Waals surface area contributed by atoms with Crippen molar-refractivity contribution in [2.75, 3.05) is 6.61 Å². The number of ether oxygens (including phenoxy) is 1. The lowest BCUT2D eigenvalue weighted by molar-refractivity contribution is -0.127. The largest absolute Gasteiger partial charge is 0.493 e. The number of alkyl halides is 1. The molecule has 1 aliphatic carbocycles. The second kappa shape index (κ2) is 4.51. The number of rotatable bonds is 2. The molecule has 1 fully saturated rings. The number of carbonyl (C=O) groups is 1. The number of halogens is 1. The summed E-state index contributed by atoms with van der Waals surface area (Å²) in [7, 11) is 0. The van der Waals surface area contributed by atoms with Gasteiger partial charge in [0.15, 0.2) is 0 Å². The highest BCUT2D eigenvalue weighted by Crippen LogP contribution is 2.49. The lowest BCUT2D eigenvalue weighted by Gasteiger charge is -2.20. The topological polar surface area (TPSA) is 38.3 Å². The van der Waals surface area contributed by atoms with Crippen LogP contribution < -0.4 is 10.1 Å². The molecule has 1 aromatic carbocycles. The first-order valence-electron chi connectivity index (χ1n) is 6.78. The van der Waals surface area contributed by atoms with Crippen molar-refractivity contribution < 1.29 is 13.9 Å². The van der Waals surface area contributed by atoms with Gasteiger partial charge < -0.3 is 10.1 Å². The predicted octanol–water partition coefficient (Wildman–Crippen LogP) is 2.76. The highest BCUT2D eigenvalue weighted by Gasteiger charge is 2.57. The molecule has 0 saturated heterocycles. The minimum absolute atomic E-state index is 0.0733. The Kier molecular flexibility index (Phi) is 2.96. The third-order valence-electron chi connectivity index (χ3n) is 4.15. The zero-order valence-electron chi connectivity index (χ0n) is 11.0. The Morgan fingerprint density at radius 2 is 2.21 bits per heavy atom. The van der Waals surface area contributed by atoms with Crippen LogP contribution >= 0.6 is 0 Å². The fraction of sp³-hybridized carbons (Fsp3) is 0.533. The molecule has 1 heterocycles. The summed E-state index contributed by atoms with van der Waals surface area (Å²) in [6.07, 6.45) is 1.05. The second-order valence-electron chi connectivity index (χ2n) is 5.64. The number of benzene rings is 1. The van der Waals surface area contributed by atoms with Crippen molar-refractivity contribution in [3.63, 3.8) is 0 Å². The molecule has 4 heteroatoms. The van der Waals surface area contributed by atoms with Crippen molar-refractivity contribution in [2.45, 2.75) is 38.4 Å². The maximum absolute atomic E-state index is 13.3. The molecule has 1 N–H and O–H groups in total. The van der Waals surface area contributed by atoms with Gasteiger partial charge in [-0.2, -0.15) is 0 Å². The van der Waals surface area contributed by atoms with Crippen LogP contribution in [0.25, 0.3) is 0 Å². The molecular weight excluding hydrogens is 245 g/mol. The summed E-state index contributed by atoms with van der Waals surface area (Å²) in [6, 6.07) is 7.66. The summed E-state index contributed by atoms with van der Waals surface area (Å²) in [5.74, 6) is 0.643. The minimum Gasteiger partial charge on any atom is -0.493 e. The Morgan fingerprint density at radius 3 is 2.95 bits per heavy atom. The van der Waals surface area contributed by atoms with E-state index in [2.05, 4.69) is 5.32 Å². The molecule has 0 bridgehead atoms. The Labute approximate surface area is 112 Å². The van der Waals surface area contributed by atoms with Crippen molar-refractivity contribution in [1.82, 2.24) is 5.32 Å². The normalized spacial score (nSPS) is 32.7. The molecule has 1 amide bonds. The van der Waals surface area contributed by atoms with Gasteiger partial charge in [0.1, 0.15) is 11.9 Å². The number of para-hydroxylation sites is 1.